The van der Waals surface area contributed by atoms with Crippen LogP contribution in [0.3, 0.4) is 0 Å². The molecule has 0 radical (unpaired) electrons. The molecule has 0 aliphatic carbocycles. The molecule has 0 bridgehead atoms. The minimum Gasteiger partial charge on any atom is -0.495 e. The fraction of sp³-hybridized carbons (Fsp3) is 0.125. The molecular weight excluding hydrogens is 306 g/mol. The molecule has 2 amide bonds. The molecule has 3 rings (SSSR count). The molecule has 0 aromatic heterocycles. The molecule has 0 fully saturated rings. The van der Waals surface area contributed by atoms with Crippen LogP contribution < -0.4 is 4.74 Å². The van der Waals surface area contributed by atoms with Gasteiger partial charge in [-0.1, -0.05) is 29.8 Å². The van der Waals surface area contributed by atoms with E-state index in [-0.39, 0.29) is 6.61 Å². The lowest BCUT2D eigenvalue weighted by molar-refractivity contribution is -0.101. The largest absolute Gasteiger partial charge is 0.495 e. The van der Waals surface area contributed by atoms with Gasteiger partial charge in [0.15, 0.2) is 0 Å². The van der Waals surface area contributed by atoms with Crippen molar-refractivity contribution in [1.82, 2.24) is 5.06 Å². The first-order valence-corrected chi connectivity index (χ1v) is 6.92. The zero-order valence-corrected chi connectivity index (χ0v) is 12.5. The first-order chi connectivity index (χ1) is 10.6. The van der Waals surface area contributed by atoms with Crippen LogP contribution in [0, 0.1) is 0 Å². The number of methoxy groups -OCH3 is 1. The van der Waals surface area contributed by atoms with E-state index in [1.165, 1.54) is 7.11 Å². The zero-order valence-electron chi connectivity index (χ0n) is 11.7. The third-order valence-corrected chi connectivity index (χ3v) is 3.63. The van der Waals surface area contributed by atoms with E-state index >= 15 is 0 Å². The number of imide groups is 1. The van der Waals surface area contributed by atoms with Crippen molar-refractivity contribution in [3.8, 4) is 5.75 Å². The van der Waals surface area contributed by atoms with Gasteiger partial charge in [0.25, 0.3) is 11.8 Å². The van der Waals surface area contributed by atoms with Crippen molar-refractivity contribution in [1.29, 1.82) is 0 Å². The van der Waals surface area contributed by atoms with Gasteiger partial charge >= 0.3 is 0 Å². The maximum Gasteiger partial charge on any atom is 0.285 e. The SMILES string of the molecule is COc1ccc(CON2C(=O)c3ccccc3C2=O)cc1Cl. The monoisotopic (exact) mass is 317 g/mol. The van der Waals surface area contributed by atoms with Crippen molar-refractivity contribution in [3.05, 3.63) is 64.2 Å². The number of hydrogen-bond acceptors (Lipinski definition) is 4. The van der Waals surface area contributed by atoms with E-state index in [0.717, 1.165) is 10.6 Å². The van der Waals surface area contributed by atoms with Crippen molar-refractivity contribution >= 4 is 23.4 Å². The Hall–Kier alpha value is -2.37. The Bertz CT molecular complexity index is 725. The third kappa shape index (κ3) is 2.45. The van der Waals surface area contributed by atoms with Crippen molar-refractivity contribution in [2.45, 2.75) is 6.61 Å². The van der Waals surface area contributed by atoms with Crippen LogP contribution in [0.2, 0.25) is 5.02 Å². The summed E-state index contributed by atoms with van der Waals surface area (Å²) in [4.78, 5) is 29.6. The van der Waals surface area contributed by atoms with Crippen LogP contribution in [0.15, 0.2) is 42.5 Å². The Morgan fingerprint density at radius 1 is 1.05 bits per heavy atom. The van der Waals surface area contributed by atoms with Crippen molar-refractivity contribution in [3.63, 3.8) is 0 Å². The molecule has 0 unspecified atom stereocenters. The summed E-state index contributed by atoms with van der Waals surface area (Å²) in [6.45, 7) is 0.0508. The first kappa shape index (κ1) is 14.6. The Labute approximate surface area is 132 Å². The van der Waals surface area contributed by atoms with Crippen LogP contribution in [0.1, 0.15) is 26.3 Å². The van der Waals surface area contributed by atoms with Gasteiger partial charge in [-0.3, -0.25) is 14.4 Å². The molecule has 0 saturated carbocycles. The molecule has 0 N–H and O–H groups in total. The lowest BCUT2D eigenvalue weighted by Crippen LogP contribution is -2.29. The lowest BCUT2D eigenvalue weighted by Gasteiger charge is -2.13. The van der Waals surface area contributed by atoms with Gasteiger partial charge < -0.3 is 4.74 Å². The summed E-state index contributed by atoms with van der Waals surface area (Å²) in [5, 5.41) is 1.22. The quantitative estimate of drug-likeness (QED) is 0.813. The third-order valence-electron chi connectivity index (χ3n) is 3.33. The normalized spacial score (nSPS) is 13.5. The number of fused-ring (bicyclic) bond motifs is 1. The summed E-state index contributed by atoms with van der Waals surface area (Å²) in [7, 11) is 1.52. The number of carbonyl (C=O) groups excluding carboxylic acids is 2. The van der Waals surface area contributed by atoms with Crippen molar-refractivity contribution in [2.24, 2.45) is 0 Å². The second-order valence-corrected chi connectivity index (χ2v) is 5.10. The number of hydrogen-bond donors (Lipinski definition) is 0. The highest BCUT2D eigenvalue weighted by atomic mass is 35.5. The van der Waals surface area contributed by atoms with E-state index < -0.39 is 11.8 Å². The number of benzene rings is 2. The number of amides is 2. The summed E-state index contributed by atoms with van der Waals surface area (Å²) < 4.78 is 5.06. The average Bonchev–Trinajstić information content (AvgIpc) is 2.77. The molecule has 6 heteroatoms. The molecule has 2 aromatic carbocycles. The first-order valence-electron chi connectivity index (χ1n) is 6.55. The fourth-order valence-electron chi connectivity index (χ4n) is 2.22. The van der Waals surface area contributed by atoms with Crippen LogP contribution in [-0.2, 0) is 11.4 Å². The number of rotatable bonds is 4. The van der Waals surface area contributed by atoms with Crippen molar-refractivity contribution < 1.29 is 19.2 Å². The molecule has 2 aromatic rings. The molecule has 1 aliphatic rings. The fourth-order valence-corrected chi connectivity index (χ4v) is 2.50. The molecule has 0 spiro atoms. The van der Waals surface area contributed by atoms with Gasteiger partial charge in [0.2, 0.25) is 0 Å². The van der Waals surface area contributed by atoms with Gasteiger partial charge in [-0.2, -0.15) is 0 Å². The van der Waals surface area contributed by atoms with Crippen molar-refractivity contribution in [2.75, 3.05) is 7.11 Å². The highest BCUT2D eigenvalue weighted by molar-refractivity contribution is 6.32. The van der Waals surface area contributed by atoms with Crippen LogP contribution in [0.5, 0.6) is 5.75 Å². The van der Waals surface area contributed by atoms with Crippen LogP contribution in [0.4, 0.5) is 0 Å². The second-order valence-electron chi connectivity index (χ2n) is 4.69. The molecule has 5 nitrogen and oxygen atoms in total. The Balaban J connectivity index is 1.74. The summed E-state index contributed by atoms with van der Waals surface area (Å²) in [6, 6.07) is 11.7. The smallest absolute Gasteiger partial charge is 0.285 e. The van der Waals surface area contributed by atoms with Gasteiger partial charge in [0.05, 0.1) is 23.3 Å². The number of carbonyl (C=O) groups is 2. The molecule has 1 aliphatic heterocycles. The Morgan fingerprint density at radius 3 is 2.23 bits per heavy atom. The van der Waals surface area contributed by atoms with Gasteiger partial charge in [0, 0.05) is 0 Å². The second kappa shape index (κ2) is 5.79. The van der Waals surface area contributed by atoms with E-state index in [1.807, 2.05) is 0 Å². The van der Waals surface area contributed by atoms with Gasteiger partial charge in [-0.05, 0) is 29.8 Å². The van der Waals surface area contributed by atoms with E-state index in [1.54, 1.807) is 42.5 Å². The van der Waals surface area contributed by atoms with Crippen LogP contribution in [-0.4, -0.2) is 24.0 Å². The number of ether oxygens (including phenoxy) is 1. The van der Waals surface area contributed by atoms with E-state index in [2.05, 4.69) is 0 Å². The molecule has 112 valence electrons. The minimum atomic E-state index is -0.458. The number of nitrogens with zero attached hydrogens (tertiary/aromatic N) is 1. The number of halogens is 1. The van der Waals surface area contributed by atoms with Gasteiger partial charge in [0.1, 0.15) is 12.4 Å². The summed E-state index contributed by atoms with van der Waals surface area (Å²) in [5.74, 6) is -0.369. The number of hydroxylamine groups is 2. The van der Waals surface area contributed by atoms with Crippen LogP contribution in [0.25, 0.3) is 0 Å². The molecular formula is C16H12ClNO4. The van der Waals surface area contributed by atoms with Crippen LogP contribution >= 0.6 is 11.6 Å². The lowest BCUT2D eigenvalue weighted by atomic mass is 10.1. The molecule has 22 heavy (non-hydrogen) atoms. The predicted molar refractivity (Wildman–Crippen MR) is 79.7 cm³/mol. The van der Waals surface area contributed by atoms with E-state index in [4.69, 9.17) is 21.2 Å². The summed E-state index contributed by atoms with van der Waals surface area (Å²) >= 11 is 6.03. The highest BCUT2D eigenvalue weighted by Gasteiger charge is 2.36. The summed E-state index contributed by atoms with van der Waals surface area (Å²) in [5.41, 5.74) is 1.42. The standard InChI is InChI=1S/C16H12ClNO4/c1-21-14-7-6-10(8-13(14)17)9-22-18-15(19)11-4-2-3-5-12(11)16(18)20/h2-8H,9H2,1H3. The molecule has 0 saturated heterocycles. The van der Waals surface area contributed by atoms with Gasteiger partial charge in [-0.15, -0.1) is 5.06 Å². The van der Waals surface area contributed by atoms with E-state index in [9.17, 15) is 9.59 Å². The average molecular weight is 318 g/mol. The van der Waals surface area contributed by atoms with Gasteiger partial charge in [-0.25, -0.2) is 0 Å². The predicted octanol–water partition coefficient (Wildman–Crippen LogP) is 3.08. The highest BCUT2D eigenvalue weighted by Crippen LogP contribution is 2.27. The zero-order chi connectivity index (χ0) is 15.7. The topological polar surface area (TPSA) is 55.8 Å². The van der Waals surface area contributed by atoms with E-state index in [0.29, 0.717) is 21.9 Å². The summed E-state index contributed by atoms with van der Waals surface area (Å²) in [6.07, 6.45) is 0. The Morgan fingerprint density at radius 2 is 1.68 bits per heavy atom. The molecule has 0 atom stereocenters. The maximum absolute atomic E-state index is 12.1. The molecule has 1 heterocycles. The minimum absolute atomic E-state index is 0.0508. The maximum atomic E-state index is 12.1. The Kier molecular flexibility index (Phi) is 3.83.